The van der Waals surface area contributed by atoms with Crippen LogP contribution in [0, 0.1) is 0 Å². The molecule has 0 radical (unpaired) electrons. The van der Waals surface area contributed by atoms with Gasteiger partial charge in [-0.2, -0.15) is 0 Å². The number of hydrogen-bond donors (Lipinski definition) is 0. The number of fused-ring (bicyclic) bond motifs is 7. The van der Waals surface area contributed by atoms with Gasteiger partial charge in [0.25, 0.3) is 0 Å². The second kappa shape index (κ2) is 13.6. The third kappa shape index (κ3) is 5.68. The summed E-state index contributed by atoms with van der Waals surface area (Å²) in [6, 6.07) is 77.9. The summed E-state index contributed by atoms with van der Waals surface area (Å²) in [6.45, 7) is 0. The lowest BCUT2D eigenvalue weighted by molar-refractivity contribution is 0.669. The fourth-order valence-electron chi connectivity index (χ4n) is 8.52. The molecule has 11 rings (SSSR count). The lowest BCUT2D eigenvalue weighted by atomic mass is 9.97. The van der Waals surface area contributed by atoms with Crippen molar-refractivity contribution in [3.05, 3.63) is 218 Å². The number of hydrogen-bond acceptors (Lipinski definition) is 2. The van der Waals surface area contributed by atoms with E-state index in [9.17, 15) is 0 Å². The average molecular weight is 729 g/mol. The number of nitrogens with zero attached hydrogens (tertiary/aromatic N) is 2. The van der Waals surface area contributed by atoms with E-state index in [1.165, 1.54) is 44.1 Å². The molecule has 0 saturated carbocycles. The zero-order valence-corrected chi connectivity index (χ0v) is 31.1. The van der Waals surface area contributed by atoms with Crippen LogP contribution in [0.25, 0.3) is 82.8 Å². The van der Waals surface area contributed by atoms with Crippen LogP contribution in [0.3, 0.4) is 0 Å². The number of benzene rings is 9. The van der Waals surface area contributed by atoms with Crippen LogP contribution in [-0.2, 0) is 0 Å². The quantitative estimate of drug-likeness (QED) is 0.163. The van der Waals surface area contributed by atoms with Crippen molar-refractivity contribution in [3.8, 4) is 39.1 Å². The summed E-state index contributed by atoms with van der Waals surface area (Å²) in [5, 5.41) is 4.71. The Bertz CT molecular complexity index is 3140. The zero-order chi connectivity index (χ0) is 37.7. The SMILES string of the molecule is c1ccc(-c2cc(-c3ccccc3)cc(N(c3ccccc3)c3ccc(-c4ccc5c(c4)oc4ccc6c(c7ccccc7n6-c6ccccc6)c45)cc3)c2)cc1. The number of furan rings is 1. The fourth-order valence-corrected chi connectivity index (χ4v) is 8.52. The van der Waals surface area contributed by atoms with Crippen LogP contribution in [-0.4, -0.2) is 4.57 Å². The van der Waals surface area contributed by atoms with Crippen LogP contribution < -0.4 is 4.90 Å². The summed E-state index contributed by atoms with van der Waals surface area (Å²) in [6.07, 6.45) is 0. The first-order valence-electron chi connectivity index (χ1n) is 19.4. The molecular weight excluding hydrogens is 693 g/mol. The first kappa shape index (κ1) is 32.8. The number of rotatable bonds is 7. The van der Waals surface area contributed by atoms with Crippen molar-refractivity contribution in [1.82, 2.24) is 4.57 Å². The lowest BCUT2D eigenvalue weighted by Crippen LogP contribution is -2.10. The maximum Gasteiger partial charge on any atom is 0.136 e. The van der Waals surface area contributed by atoms with Crippen molar-refractivity contribution in [3.63, 3.8) is 0 Å². The molecule has 2 aromatic heterocycles. The van der Waals surface area contributed by atoms with Gasteiger partial charge in [0.15, 0.2) is 0 Å². The standard InChI is InChI=1S/C54H36N2O/c1-5-15-37(16-6-1)41-33-42(38-17-7-2-8-18-38)35-46(34-41)55(43-19-9-3-10-20-43)45-28-25-39(26-29-45)40-27-30-48-52(36-40)57-51-32-31-50-53(54(48)51)47-23-13-14-24-49(47)56(50)44-21-11-4-12-22-44/h1-36H. The van der Waals surface area contributed by atoms with Crippen molar-refractivity contribution < 1.29 is 4.42 Å². The molecule has 9 aromatic carbocycles. The van der Waals surface area contributed by atoms with Crippen LogP contribution in [0.2, 0.25) is 0 Å². The van der Waals surface area contributed by atoms with E-state index >= 15 is 0 Å². The van der Waals surface area contributed by atoms with E-state index in [-0.39, 0.29) is 0 Å². The van der Waals surface area contributed by atoms with E-state index < -0.39 is 0 Å². The molecule has 0 aliphatic rings. The molecule has 0 unspecified atom stereocenters. The summed E-state index contributed by atoms with van der Waals surface area (Å²) in [5.41, 5.74) is 15.5. The highest BCUT2D eigenvalue weighted by atomic mass is 16.3. The normalized spacial score (nSPS) is 11.5. The maximum absolute atomic E-state index is 6.64. The van der Waals surface area contributed by atoms with Gasteiger partial charge < -0.3 is 13.9 Å². The third-order valence-electron chi connectivity index (χ3n) is 11.1. The summed E-state index contributed by atoms with van der Waals surface area (Å²) in [4.78, 5) is 2.35. The predicted octanol–water partition coefficient (Wildman–Crippen LogP) is 15.2. The number of para-hydroxylation sites is 3. The fraction of sp³-hybridized carbons (Fsp3) is 0. The summed E-state index contributed by atoms with van der Waals surface area (Å²) >= 11 is 0. The van der Waals surface area contributed by atoms with E-state index in [2.05, 4.69) is 228 Å². The zero-order valence-electron chi connectivity index (χ0n) is 31.1. The van der Waals surface area contributed by atoms with E-state index in [1.807, 2.05) is 0 Å². The highest BCUT2D eigenvalue weighted by molar-refractivity contribution is 6.27. The first-order valence-corrected chi connectivity index (χ1v) is 19.4. The Balaban J connectivity index is 1.02. The molecule has 0 bridgehead atoms. The number of aromatic nitrogens is 1. The molecule has 0 atom stereocenters. The molecule has 11 aromatic rings. The molecule has 3 heteroatoms. The average Bonchev–Trinajstić information content (AvgIpc) is 3.83. The molecule has 0 aliphatic heterocycles. The molecule has 268 valence electrons. The second-order valence-corrected chi connectivity index (χ2v) is 14.6. The molecule has 0 N–H and O–H groups in total. The first-order chi connectivity index (χ1) is 28.3. The van der Waals surface area contributed by atoms with E-state index in [0.29, 0.717) is 0 Å². The topological polar surface area (TPSA) is 21.3 Å². The molecule has 0 spiro atoms. The van der Waals surface area contributed by atoms with Gasteiger partial charge in [0, 0.05) is 44.3 Å². The molecule has 57 heavy (non-hydrogen) atoms. The van der Waals surface area contributed by atoms with E-state index in [4.69, 9.17) is 4.42 Å². The van der Waals surface area contributed by atoms with Gasteiger partial charge >= 0.3 is 0 Å². The molecule has 0 fully saturated rings. The van der Waals surface area contributed by atoms with Crippen molar-refractivity contribution in [2.45, 2.75) is 0 Å². The molecule has 0 aliphatic carbocycles. The minimum atomic E-state index is 0.882. The van der Waals surface area contributed by atoms with Gasteiger partial charge in [0.2, 0.25) is 0 Å². The van der Waals surface area contributed by atoms with Crippen molar-refractivity contribution in [1.29, 1.82) is 0 Å². The third-order valence-corrected chi connectivity index (χ3v) is 11.1. The molecule has 0 saturated heterocycles. The minimum absolute atomic E-state index is 0.882. The Labute approximate surface area is 330 Å². The van der Waals surface area contributed by atoms with Gasteiger partial charge in [0.1, 0.15) is 11.2 Å². The minimum Gasteiger partial charge on any atom is -0.456 e. The van der Waals surface area contributed by atoms with Gasteiger partial charge in [-0.05, 0) is 118 Å². The van der Waals surface area contributed by atoms with Gasteiger partial charge in [-0.3, -0.25) is 0 Å². The number of anilines is 3. The largest absolute Gasteiger partial charge is 0.456 e. The van der Waals surface area contributed by atoms with Crippen LogP contribution in [0.4, 0.5) is 17.1 Å². The van der Waals surface area contributed by atoms with Crippen molar-refractivity contribution in [2.24, 2.45) is 0 Å². The summed E-state index contributed by atoms with van der Waals surface area (Å²) in [7, 11) is 0. The Morgan fingerprint density at radius 2 is 0.877 bits per heavy atom. The monoisotopic (exact) mass is 728 g/mol. The Morgan fingerprint density at radius 1 is 0.316 bits per heavy atom. The highest BCUT2D eigenvalue weighted by Gasteiger charge is 2.20. The summed E-state index contributed by atoms with van der Waals surface area (Å²) in [5.74, 6) is 0. The highest BCUT2D eigenvalue weighted by Crippen LogP contribution is 2.43. The van der Waals surface area contributed by atoms with Gasteiger partial charge in [-0.25, -0.2) is 0 Å². The van der Waals surface area contributed by atoms with E-state index in [1.54, 1.807) is 0 Å². The summed E-state index contributed by atoms with van der Waals surface area (Å²) < 4.78 is 9.00. The molecule has 3 nitrogen and oxygen atoms in total. The van der Waals surface area contributed by atoms with Crippen LogP contribution in [0.15, 0.2) is 223 Å². The molecular formula is C54H36N2O. The molecule has 0 amide bonds. The maximum atomic E-state index is 6.64. The Hall–Kier alpha value is -7.62. The van der Waals surface area contributed by atoms with Gasteiger partial charge in [-0.1, -0.05) is 133 Å². The molecule has 2 heterocycles. The van der Waals surface area contributed by atoms with Crippen molar-refractivity contribution in [2.75, 3.05) is 4.90 Å². The van der Waals surface area contributed by atoms with Crippen molar-refractivity contribution >= 4 is 60.8 Å². The van der Waals surface area contributed by atoms with Gasteiger partial charge in [-0.15, -0.1) is 0 Å². The van der Waals surface area contributed by atoms with Crippen LogP contribution >= 0.6 is 0 Å². The second-order valence-electron chi connectivity index (χ2n) is 14.6. The predicted molar refractivity (Wildman–Crippen MR) is 239 cm³/mol. The Kier molecular flexibility index (Phi) is 7.82. The van der Waals surface area contributed by atoms with Crippen LogP contribution in [0.5, 0.6) is 0 Å². The Morgan fingerprint density at radius 3 is 1.56 bits per heavy atom. The van der Waals surface area contributed by atoms with E-state index in [0.717, 1.165) is 55.8 Å². The van der Waals surface area contributed by atoms with Gasteiger partial charge in [0.05, 0.1) is 11.0 Å². The van der Waals surface area contributed by atoms with Crippen LogP contribution in [0.1, 0.15) is 0 Å². The lowest BCUT2D eigenvalue weighted by Gasteiger charge is -2.27. The smallest absolute Gasteiger partial charge is 0.136 e.